The van der Waals surface area contributed by atoms with Crippen molar-refractivity contribution in [3.8, 4) is 0 Å². The third-order valence-corrected chi connectivity index (χ3v) is 2.61. The van der Waals surface area contributed by atoms with Crippen molar-refractivity contribution in [2.24, 2.45) is 0 Å². The summed E-state index contributed by atoms with van der Waals surface area (Å²) in [7, 11) is 0. The van der Waals surface area contributed by atoms with Crippen molar-refractivity contribution < 1.29 is 24.3 Å². The molecule has 0 saturated carbocycles. The second-order valence-corrected chi connectivity index (χ2v) is 7.60. The van der Waals surface area contributed by atoms with Crippen molar-refractivity contribution in [1.82, 2.24) is 0 Å². The van der Waals surface area contributed by atoms with Crippen molar-refractivity contribution in [2.75, 3.05) is 0 Å². The summed E-state index contributed by atoms with van der Waals surface area (Å²) in [6.45, 7) is 13.5. The smallest absolute Gasteiger partial charge is 0.298 e. The second kappa shape index (κ2) is 10.2. The highest BCUT2D eigenvalue weighted by molar-refractivity contribution is 5.68. The van der Waals surface area contributed by atoms with E-state index in [-0.39, 0.29) is 17.7 Å². The predicted molar refractivity (Wildman–Crippen MR) is 86.0 cm³/mol. The van der Waals surface area contributed by atoms with E-state index < -0.39 is 5.60 Å². The molecule has 0 aromatic carbocycles. The van der Waals surface area contributed by atoms with Gasteiger partial charge in [0, 0.05) is 6.42 Å². The van der Waals surface area contributed by atoms with Crippen LogP contribution in [0.25, 0.3) is 0 Å². The van der Waals surface area contributed by atoms with E-state index in [1.807, 2.05) is 41.5 Å². The van der Waals surface area contributed by atoms with Crippen LogP contribution in [0.4, 0.5) is 0 Å². The number of carbonyl (C=O) groups is 1. The molecule has 22 heavy (non-hydrogen) atoms. The minimum absolute atomic E-state index is 0.00973. The Morgan fingerprint density at radius 1 is 0.909 bits per heavy atom. The Labute approximate surface area is 135 Å². The fourth-order valence-corrected chi connectivity index (χ4v) is 1.57. The van der Waals surface area contributed by atoms with Crippen LogP contribution in [0.1, 0.15) is 87.0 Å². The molecule has 0 rings (SSSR count). The molecule has 0 aliphatic heterocycles. The van der Waals surface area contributed by atoms with Crippen LogP contribution in [0, 0.1) is 0 Å². The molecule has 5 heteroatoms. The van der Waals surface area contributed by atoms with Crippen molar-refractivity contribution in [3.63, 3.8) is 0 Å². The van der Waals surface area contributed by atoms with Crippen LogP contribution in [-0.2, 0) is 24.3 Å². The highest BCUT2D eigenvalue weighted by Gasteiger charge is 2.18. The number of carbonyl (C=O) groups excluding carboxylic acids is 1. The van der Waals surface area contributed by atoms with Gasteiger partial charge >= 0.3 is 5.97 Å². The first-order valence-corrected chi connectivity index (χ1v) is 8.26. The molecule has 0 spiro atoms. The lowest BCUT2D eigenvalue weighted by molar-refractivity contribution is -0.374. The summed E-state index contributed by atoms with van der Waals surface area (Å²) in [5.74, 6) is -0.346. The van der Waals surface area contributed by atoms with E-state index in [4.69, 9.17) is 19.6 Å². The molecule has 5 nitrogen and oxygen atoms in total. The molecular weight excluding hydrogens is 284 g/mol. The molecule has 0 heterocycles. The monoisotopic (exact) mass is 318 g/mol. The largest absolute Gasteiger partial charge is 0.342 e. The van der Waals surface area contributed by atoms with Gasteiger partial charge in [-0.3, -0.25) is 4.89 Å². The van der Waals surface area contributed by atoms with Gasteiger partial charge in [0.05, 0.1) is 11.7 Å². The summed E-state index contributed by atoms with van der Waals surface area (Å²) >= 11 is 0. The minimum Gasteiger partial charge on any atom is -0.298 e. The van der Waals surface area contributed by atoms with Gasteiger partial charge in [-0.15, -0.1) is 0 Å². The first-order chi connectivity index (χ1) is 10.0. The summed E-state index contributed by atoms with van der Waals surface area (Å²) in [5.41, 5.74) is -0.813. The van der Waals surface area contributed by atoms with E-state index in [2.05, 4.69) is 6.92 Å². The molecule has 1 unspecified atom stereocenters. The predicted octanol–water partition coefficient (Wildman–Crippen LogP) is 4.74. The summed E-state index contributed by atoms with van der Waals surface area (Å²) in [6.07, 6.45) is 4.90. The third-order valence-electron chi connectivity index (χ3n) is 2.61. The SMILES string of the molecule is CCCCC(CCCC(=O)OOC(C)(C)C)OOC(C)(C)C. The maximum absolute atomic E-state index is 11.6. The average Bonchev–Trinajstić information content (AvgIpc) is 2.37. The van der Waals surface area contributed by atoms with Gasteiger partial charge < -0.3 is 0 Å². The topological polar surface area (TPSA) is 54.0 Å². The minimum atomic E-state index is -0.483. The molecule has 0 aromatic heterocycles. The summed E-state index contributed by atoms with van der Waals surface area (Å²) in [4.78, 5) is 32.3. The number of hydrogen-bond donors (Lipinski definition) is 0. The normalized spacial score (nSPS) is 14.0. The van der Waals surface area contributed by atoms with Gasteiger partial charge in [0.1, 0.15) is 5.60 Å². The van der Waals surface area contributed by atoms with Crippen LogP contribution in [0.5, 0.6) is 0 Å². The van der Waals surface area contributed by atoms with Crippen molar-refractivity contribution in [3.05, 3.63) is 0 Å². The second-order valence-electron chi connectivity index (χ2n) is 7.60. The summed E-state index contributed by atoms with van der Waals surface area (Å²) in [6, 6.07) is 0. The zero-order valence-electron chi connectivity index (χ0n) is 15.4. The fourth-order valence-electron chi connectivity index (χ4n) is 1.57. The lowest BCUT2D eigenvalue weighted by atomic mass is 10.1. The Morgan fingerprint density at radius 2 is 1.45 bits per heavy atom. The number of rotatable bonds is 10. The Kier molecular flexibility index (Phi) is 9.89. The first-order valence-electron chi connectivity index (χ1n) is 8.26. The standard InChI is InChI=1S/C17H34O5/c1-8-9-11-14(19-21-16(2,3)4)12-10-13-15(18)20-22-17(5,6)7/h14H,8-13H2,1-7H3. The number of unbranched alkanes of at least 4 members (excludes halogenated alkanes) is 1. The molecular formula is C17H34O5. The van der Waals surface area contributed by atoms with E-state index in [0.29, 0.717) is 12.8 Å². The van der Waals surface area contributed by atoms with Gasteiger partial charge in [0.15, 0.2) is 0 Å². The maximum atomic E-state index is 11.6. The lowest BCUT2D eigenvalue weighted by Crippen LogP contribution is -2.25. The molecule has 0 amide bonds. The van der Waals surface area contributed by atoms with E-state index in [9.17, 15) is 4.79 Å². The van der Waals surface area contributed by atoms with Crippen LogP contribution >= 0.6 is 0 Å². The van der Waals surface area contributed by atoms with E-state index >= 15 is 0 Å². The van der Waals surface area contributed by atoms with Gasteiger partial charge in [0.25, 0.3) is 0 Å². The van der Waals surface area contributed by atoms with Gasteiger partial charge in [0.2, 0.25) is 0 Å². The van der Waals surface area contributed by atoms with Crippen LogP contribution in [0.15, 0.2) is 0 Å². The Bertz CT molecular complexity index is 301. The highest BCUT2D eigenvalue weighted by atomic mass is 17.2. The Morgan fingerprint density at radius 3 is 1.95 bits per heavy atom. The van der Waals surface area contributed by atoms with Crippen LogP contribution in [0.3, 0.4) is 0 Å². The maximum Gasteiger partial charge on any atom is 0.342 e. The molecule has 0 fully saturated rings. The molecule has 0 aromatic rings. The van der Waals surface area contributed by atoms with Crippen LogP contribution < -0.4 is 0 Å². The zero-order valence-corrected chi connectivity index (χ0v) is 15.4. The molecule has 0 radical (unpaired) electrons. The van der Waals surface area contributed by atoms with Crippen LogP contribution in [0.2, 0.25) is 0 Å². The van der Waals surface area contributed by atoms with Crippen molar-refractivity contribution in [1.29, 1.82) is 0 Å². The van der Waals surface area contributed by atoms with E-state index in [1.165, 1.54) is 0 Å². The van der Waals surface area contributed by atoms with Crippen LogP contribution in [-0.4, -0.2) is 23.3 Å². The highest BCUT2D eigenvalue weighted by Crippen LogP contribution is 2.17. The average molecular weight is 318 g/mol. The molecule has 132 valence electrons. The molecule has 0 bridgehead atoms. The quantitative estimate of drug-likeness (QED) is 0.430. The summed E-state index contributed by atoms with van der Waals surface area (Å²) in [5, 5.41) is 0. The fraction of sp³-hybridized carbons (Fsp3) is 0.941. The number of hydrogen-bond acceptors (Lipinski definition) is 5. The van der Waals surface area contributed by atoms with Crippen molar-refractivity contribution >= 4 is 5.97 Å². The molecule has 0 aliphatic carbocycles. The molecule has 0 aliphatic rings. The Balaban J connectivity index is 4.03. The summed E-state index contributed by atoms with van der Waals surface area (Å²) < 4.78 is 0. The van der Waals surface area contributed by atoms with Gasteiger partial charge in [-0.1, -0.05) is 19.8 Å². The van der Waals surface area contributed by atoms with Gasteiger partial charge in [-0.25, -0.2) is 14.6 Å². The molecule has 1 atom stereocenters. The Hall–Kier alpha value is -0.650. The van der Waals surface area contributed by atoms with Gasteiger partial charge in [-0.2, -0.15) is 4.89 Å². The lowest BCUT2D eigenvalue weighted by Gasteiger charge is -2.23. The van der Waals surface area contributed by atoms with E-state index in [1.54, 1.807) is 0 Å². The third kappa shape index (κ3) is 14.3. The molecule has 0 N–H and O–H groups in total. The van der Waals surface area contributed by atoms with Gasteiger partial charge in [-0.05, 0) is 60.8 Å². The molecule has 0 saturated heterocycles. The first kappa shape index (κ1) is 21.4. The van der Waals surface area contributed by atoms with Crippen molar-refractivity contribution in [2.45, 2.75) is 104 Å². The zero-order chi connectivity index (χ0) is 17.2. The van der Waals surface area contributed by atoms with E-state index in [0.717, 1.165) is 25.7 Å².